The molecule has 2 aromatic rings. The van der Waals surface area contributed by atoms with Crippen LogP contribution in [0.2, 0.25) is 0 Å². The normalized spacial score (nSPS) is 10.1. The van der Waals surface area contributed by atoms with Gasteiger partial charge in [0.1, 0.15) is 11.6 Å². The third-order valence-corrected chi connectivity index (χ3v) is 2.63. The first-order valence-electron chi connectivity index (χ1n) is 6.18. The lowest BCUT2D eigenvalue weighted by molar-refractivity contribution is -0.116. The summed E-state index contributed by atoms with van der Waals surface area (Å²) in [7, 11) is 0. The Balaban J connectivity index is 1.82. The van der Waals surface area contributed by atoms with Gasteiger partial charge in [0, 0.05) is 0 Å². The molecular formula is C15H15FN2O2. The Kier molecular flexibility index (Phi) is 4.55. The zero-order chi connectivity index (χ0) is 14.4. The molecule has 0 heterocycles. The lowest BCUT2D eigenvalue weighted by Crippen LogP contribution is -2.16. The fraction of sp³-hybridized carbons (Fsp3) is 0.133. The number of nitrogens with two attached hydrogens (primary N) is 1. The Morgan fingerprint density at radius 3 is 2.70 bits per heavy atom. The molecule has 0 bridgehead atoms. The van der Waals surface area contributed by atoms with E-state index in [1.165, 1.54) is 18.2 Å². The molecule has 5 heteroatoms. The van der Waals surface area contributed by atoms with Gasteiger partial charge < -0.3 is 15.8 Å². The van der Waals surface area contributed by atoms with Crippen molar-refractivity contribution in [3.05, 3.63) is 54.3 Å². The fourth-order valence-electron chi connectivity index (χ4n) is 1.63. The van der Waals surface area contributed by atoms with E-state index >= 15 is 0 Å². The summed E-state index contributed by atoms with van der Waals surface area (Å²) in [6.07, 6.45) is 0.158. The van der Waals surface area contributed by atoms with Crippen molar-refractivity contribution >= 4 is 17.3 Å². The number of hydrogen-bond donors (Lipinski definition) is 2. The van der Waals surface area contributed by atoms with Gasteiger partial charge in [-0.05, 0) is 30.3 Å². The minimum absolute atomic E-state index is 0.158. The summed E-state index contributed by atoms with van der Waals surface area (Å²) in [6, 6.07) is 13.0. The third-order valence-electron chi connectivity index (χ3n) is 2.63. The van der Waals surface area contributed by atoms with Crippen LogP contribution in [-0.4, -0.2) is 12.5 Å². The van der Waals surface area contributed by atoms with Crippen LogP contribution in [0.15, 0.2) is 48.5 Å². The van der Waals surface area contributed by atoms with Crippen LogP contribution in [0.4, 0.5) is 15.8 Å². The molecule has 0 saturated heterocycles. The van der Waals surface area contributed by atoms with Gasteiger partial charge in [-0.25, -0.2) is 4.39 Å². The number of nitrogens with one attached hydrogen (secondary N) is 1. The topological polar surface area (TPSA) is 64.3 Å². The van der Waals surface area contributed by atoms with Gasteiger partial charge in [-0.15, -0.1) is 0 Å². The molecule has 0 spiro atoms. The van der Waals surface area contributed by atoms with Gasteiger partial charge in [0.2, 0.25) is 5.91 Å². The van der Waals surface area contributed by atoms with Gasteiger partial charge in [-0.1, -0.05) is 18.2 Å². The van der Waals surface area contributed by atoms with Crippen molar-refractivity contribution in [2.24, 2.45) is 0 Å². The summed E-state index contributed by atoms with van der Waals surface area (Å²) in [5.41, 5.74) is 6.24. The predicted octanol–water partition coefficient (Wildman–Crippen LogP) is 2.82. The number of anilines is 2. The molecule has 0 fully saturated rings. The van der Waals surface area contributed by atoms with Crippen molar-refractivity contribution in [2.45, 2.75) is 6.42 Å². The minimum atomic E-state index is -0.449. The van der Waals surface area contributed by atoms with Crippen LogP contribution >= 0.6 is 0 Å². The number of amides is 1. The van der Waals surface area contributed by atoms with Gasteiger partial charge >= 0.3 is 0 Å². The number of carbonyl (C=O) groups excluding carboxylic acids is 1. The molecule has 0 unspecified atom stereocenters. The lowest BCUT2D eigenvalue weighted by atomic mass is 10.2. The molecule has 4 nitrogen and oxygen atoms in total. The maximum absolute atomic E-state index is 13.0. The van der Waals surface area contributed by atoms with E-state index in [9.17, 15) is 9.18 Å². The standard InChI is InChI=1S/C15H15FN2O2/c16-11-6-7-13(17)14(10-11)18-15(19)8-9-20-12-4-2-1-3-5-12/h1-7,10H,8-9,17H2,(H,18,19). The number of rotatable bonds is 5. The average Bonchev–Trinajstić information content (AvgIpc) is 2.44. The molecule has 2 rings (SSSR count). The van der Waals surface area contributed by atoms with Crippen LogP contribution in [0.5, 0.6) is 5.75 Å². The van der Waals surface area contributed by atoms with Crippen LogP contribution in [0.3, 0.4) is 0 Å². The number of nitrogen functional groups attached to an aromatic ring is 1. The van der Waals surface area contributed by atoms with E-state index in [1.54, 1.807) is 0 Å². The second kappa shape index (κ2) is 6.56. The number of para-hydroxylation sites is 1. The van der Waals surface area contributed by atoms with Crippen LogP contribution in [0, 0.1) is 5.82 Å². The van der Waals surface area contributed by atoms with Crippen molar-refractivity contribution in [1.29, 1.82) is 0 Å². The predicted molar refractivity (Wildman–Crippen MR) is 76.0 cm³/mol. The molecule has 104 valence electrons. The van der Waals surface area contributed by atoms with Crippen molar-refractivity contribution < 1.29 is 13.9 Å². The SMILES string of the molecule is Nc1ccc(F)cc1NC(=O)CCOc1ccccc1. The highest BCUT2D eigenvalue weighted by Crippen LogP contribution is 2.19. The van der Waals surface area contributed by atoms with Crippen LogP contribution in [0.25, 0.3) is 0 Å². The highest BCUT2D eigenvalue weighted by atomic mass is 19.1. The largest absolute Gasteiger partial charge is 0.493 e. The summed E-state index contributed by atoms with van der Waals surface area (Å²) < 4.78 is 18.4. The van der Waals surface area contributed by atoms with Crippen molar-refractivity contribution in [3.8, 4) is 5.75 Å². The van der Waals surface area contributed by atoms with E-state index in [1.807, 2.05) is 30.3 Å². The first-order valence-corrected chi connectivity index (χ1v) is 6.18. The number of halogens is 1. The van der Waals surface area contributed by atoms with Gasteiger partial charge in [-0.2, -0.15) is 0 Å². The Hall–Kier alpha value is -2.56. The fourth-order valence-corrected chi connectivity index (χ4v) is 1.63. The van der Waals surface area contributed by atoms with Crippen molar-refractivity contribution in [2.75, 3.05) is 17.7 Å². The first kappa shape index (κ1) is 13.9. The van der Waals surface area contributed by atoms with E-state index in [2.05, 4.69) is 5.32 Å². The molecule has 0 radical (unpaired) electrons. The maximum Gasteiger partial charge on any atom is 0.227 e. The summed E-state index contributed by atoms with van der Waals surface area (Å²) in [4.78, 5) is 11.7. The number of carbonyl (C=O) groups is 1. The second-order valence-corrected chi connectivity index (χ2v) is 4.19. The average molecular weight is 274 g/mol. The molecule has 2 aromatic carbocycles. The minimum Gasteiger partial charge on any atom is -0.493 e. The molecule has 3 N–H and O–H groups in total. The molecule has 0 saturated carbocycles. The maximum atomic E-state index is 13.0. The highest BCUT2D eigenvalue weighted by Gasteiger charge is 2.06. The Bertz CT molecular complexity index is 588. The Morgan fingerprint density at radius 1 is 1.20 bits per heavy atom. The smallest absolute Gasteiger partial charge is 0.227 e. The molecule has 0 aliphatic heterocycles. The zero-order valence-electron chi connectivity index (χ0n) is 10.8. The quantitative estimate of drug-likeness (QED) is 0.824. The van der Waals surface area contributed by atoms with Gasteiger partial charge in [0.25, 0.3) is 0 Å². The van der Waals surface area contributed by atoms with E-state index in [-0.39, 0.29) is 24.6 Å². The Morgan fingerprint density at radius 2 is 1.95 bits per heavy atom. The summed E-state index contributed by atoms with van der Waals surface area (Å²) in [5, 5.41) is 2.55. The molecule has 20 heavy (non-hydrogen) atoms. The van der Waals surface area contributed by atoms with Crippen molar-refractivity contribution in [1.82, 2.24) is 0 Å². The van der Waals surface area contributed by atoms with E-state index in [0.29, 0.717) is 11.4 Å². The van der Waals surface area contributed by atoms with E-state index < -0.39 is 5.82 Å². The molecular weight excluding hydrogens is 259 g/mol. The van der Waals surface area contributed by atoms with Crippen LogP contribution in [0.1, 0.15) is 6.42 Å². The molecule has 0 atom stereocenters. The second-order valence-electron chi connectivity index (χ2n) is 4.19. The van der Waals surface area contributed by atoms with Gasteiger partial charge in [-0.3, -0.25) is 4.79 Å². The van der Waals surface area contributed by atoms with Gasteiger partial charge in [0.15, 0.2) is 0 Å². The lowest BCUT2D eigenvalue weighted by Gasteiger charge is -2.09. The van der Waals surface area contributed by atoms with Crippen LogP contribution < -0.4 is 15.8 Å². The van der Waals surface area contributed by atoms with E-state index in [0.717, 1.165) is 0 Å². The summed E-state index contributed by atoms with van der Waals surface area (Å²) in [6.45, 7) is 0.241. The number of ether oxygens (including phenoxy) is 1. The number of hydrogen-bond acceptors (Lipinski definition) is 3. The Labute approximate surface area is 116 Å². The highest BCUT2D eigenvalue weighted by molar-refractivity contribution is 5.93. The number of benzene rings is 2. The monoisotopic (exact) mass is 274 g/mol. The third kappa shape index (κ3) is 3.98. The molecule has 0 aliphatic rings. The zero-order valence-corrected chi connectivity index (χ0v) is 10.8. The van der Waals surface area contributed by atoms with Crippen molar-refractivity contribution in [3.63, 3.8) is 0 Å². The first-order chi connectivity index (χ1) is 9.65. The van der Waals surface area contributed by atoms with Gasteiger partial charge in [0.05, 0.1) is 24.4 Å². The van der Waals surface area contributed by atoms with Crippen LogP contribution in [-0.2, 0) is 4.79 Å². The molecule has 0 aliphatic carbocycles. The van der Waals surface area contributed by atoms with E-state index in [4.69, 9.17) is 10.5 Å². The molecule has 1 amide bonds. The summed E-state index contributed by atoms with van der Waals surface area (Å²) in [5.74, 6) is -0.0289. The summed E-state index contributed by atoms with van der Waals surface area (Å²) >= 11 is 0. The molecule has 0 aromatic heterocycles.